The summed E-state index contributed by atoms with van der Waals surface area (Å²) in [6, 6.07) is 3.44. The molecule has 0 saturated carbocycles. The van der Waals surface area contributed by atoms with Crippen molar-refractivity contribution in [2.75, 3.05) is 32.0 Å². The van der Waals surface area contributed by atoms with E-state index < -0.39 is 16.3 Å². The number of hydrogen-bond donors (Lipinski definition) is 2. The zero-order chi connectivity index (χ0) is 14.8. The van der Waals surface area contributed by atoms with Gasteiger partial charge in [-0.3, -0.25) is 10.1 Å². The minimum atomic E-state index is -0.860. The van der Waals surface area contributed by atoms with E-state index in [4.69, 9.17) is 0 Å². The lowest BCUT2D eigenvalue weighted by Gasteiger charge is -2.36. The number of aliphatic hydroxyl groups is 1. The molecular formula is C13H18FN3O3. The van der Waals surface area contributed by atoms with Gasteiger partial charge in [0.05, 0.1) is 22.3 Å². The Bertz CT molecular complexity index is 502. The van der Waals surface area contributed by atoms with E-state index in [1.165, 1.54) is 12.1 Å². The fraction of sp³-hybridized carbons (Fsp3) is 0.538. The topological polar surface area (TPSA) is 78.6 Å². The first-order valence-corrected chi connectivity index (χ1v) is 6.48. The van der Waals surface area contributed by atoms with E-state index in [0.717, 1.165) is 19.2 Å². The Labute approximate surface area is 116 Å². The summed E-state index contributed by atoms with van der Waals surface area (Å²) < 4.78 is 13.7. The van der Waals surface area contributed by atoms with Crippen molar-refractivity contribution in [1.82, 2.24) is 4.90 Å². The van der Waals surface area contributed by atoms with Gasteiger partial charge in [-0.25, -0.2) is 4.39 Å². The predicted octanol–water partition coefficient (Wildman–Crippen LogP) is 1.60. The Hall–Kier alpha value is -1.73. The van der Waals surface area contributed by atoms with Crippen LogP contribution in [0.4, 0.5) is 15.8 Å². The molecule has 2 N–H and O–H groups in total. The Morgan fingerprint density at radius 2 is 2.15 bits per heavy atom. The van der Waals surface area contributed by atoms with Crippen LogP contribution in [0.2, 0.25) is 0 Å². The number of likely N-dealkylation sites (tertiary alicyclic amines) is 1. The molecule has 1 heterocycles. The third-order valence-electron chi connectivity index (χ3n) is 3.69. The van der Waals surface area contributed by atoms with E-state index >= 15 is 0 Å². The highest BCUT2D eigenvalue weighted by atomic mass is 19.1. The van der Waals surface area contributed by atoms with Crippen molar-refractivity contribution in [3.05, 3.63) is 34.1 Å². The molecule has 0 unspecified atom stereocenters. The number of benzene rings is 1. The zero-order valence-electron chi connectivity index (χ0n) is 11.3. The number of nitrogens with one attached hydrogen (secondary N) is 1. The number of nitro benzene ring substituents is 1. The highest BCUT2D eigenvalue weighted by Gasteiger charge is 2.31. The van der Waals surface area contributed by atoms with Crippen molar-refractivity contribution >= 4 is 11.4 Å². The van der Waals surface area contributed by atoms with Crippen LogP contribution in [0.25, 0.3) is 0 Å². The summed E-state index contributed by atoms with van der Waals surface area (Å²) in [4.78, 5) is 12.0. The summed E-state index contributed by atoms with van der Waals surface area (Å²) in [6.07, 6.45) is 1.23. The third kappa shape index (κ3) is 3.43. The first-order chi connectivity index (χ1) is 9.39. The van der Waals surface area contributed by atoms with Gasteiger partial charge in [-0.15, -0.1) is 0 Å². The van der Waals surface area contributed by atoms with Crippen molar-refractivity contribution in [2.45, 2.75) is 18.4 Å². The van der Waals surface area contributed by atoms with Crippen LogP contribution in [-0.2, 0) is 0 Å². The molecule has 0 radical (unpaired) electrons. The lowest BCUT2D eigenvalue weighted by molar-refractivity contribution is -0.385. The normalized spacial score (nSPS) is 18.8. The third-order valence-corrected chi connectivity index (χ3v) is 3.69. The van der Waals surface area contributed by atoms with Gasteiger partial charge in [-0.2, -0.15) is 0 Å². The van der Waals surface area contributed by atoms with Crippen LogP contribution < -0.4 is 5.32 Å². The first-order valence-electron chi connectivity index (χ1n) is 6.48. The maximum Gasteiger partial charge on any atom is 0.272 e. The molecule has 7 heteroatoms. The molecule has 1 saturated heterocycles. The fourth-order valence-electron chi connectivity index (χ4n) is 2.23. The van der Waals surface area contributed by atoms with E-state index in [1.54, 1.807) is 0 Å². The first kappa shape index (κ1) is 14.7. The van der Waals surface area contributed by atoms with E-state index in [0.29, 0.717) is 12.8 Å². The van der Waals surface area contributed by atoms with Crippen molar-refractivity contribution in [3.63, 3.8) is 0 Å². The van der Waals surface area contributed by atoms with Crippen molar-refractivity contribution in [3.8, 4) is 0 Å². The number of hydrogen-bond acceptors (Lipinski definition) is 5. The maximum absolute atomic E-state index is 13.7. The number of halogens is 1. The predicted molar refractivity (Wildman–Crippen MR) is 73.2 cm³/mol. The van der Waals surface area contributed by atoms with E-state index in [2.05, 4.69) is 10.2 Å². The minimum absolute atomic E-state index is 0.169. The van der Waals surface area contributed by atoms with Gasteiger partial charge in [0, 0.05) is 25.7 Å². The van der Waals surface area contributed by atoms with Crippen LogP contribution in [0.1, 0.15) is 12.8 Å². The van der Waals surface area contributed by atoms with Gasteiger partial charge in [-0.05, 0) is 26.0 Å². The standard InChI is InChI=1S/C13H18FN3O3/c1-16-6-4-13(18,5-7-16)9-15-12-3-2-10(17(19)20)8-11(12)14/h2-3,8,15,18H,4-7,9H2,1H3. The largest absolute Gasteiger partial charge is 0.388 e. The number of piperidine rings is 1. The lowest BCUT2D eigenvalue weighted by atomic mass is 9.91. The second kappa shape index (κ2) is 5.72. The highest BCUT2D eigenvalue weighted by Crippen LogP contribution is 2.24. The molecule has 1 aliphatic heterocycles. The molecule has 2 rings (SSSR count). The van der Waals surface area contributed by atoms with Gasteiger partial charge in [0.2, 0.25) is 0 Å². The molecule has 0 aliphatic carbocycles. The molecule has 110 valence electrons. The quantitative estimate of drug-likeness (QED) is 0.648. The van der Waals surface area contributed by atoms with Crippen molar-refractivity contribution < 1.29 is 14.4 Å². The van der Waals surface area contributed by atoms with Crippen LogP contribution in [0, 0.1) is 15.9 Å². The number of nitro groups is 1. The number of rotatable bonds is 4. The molecule has 0 aromatic heterocycles. The fourth-order valence-corrected chi connectivity index (χ4v) is 2.23. The molecular weight excluding hydrogens is 265 g/mol. The molecule has 6 nitrogen and oxygen atoms in total. The molecule has 1 aromatic rings. The summed E-state index contributed by atoms with van der Waals surface area (Å²) in [5.74, 6) is -0.685. The molecule has 0 bridgehead atoms. The van der Waals surface area contributed by atoms with E-state index in [1.807, 2.05) is 7.05 Å². The second-order valence-corrected chi connectivity index (χ2v) is 5.30. The molecule has 0 spiro atoms. The van der Waals surface area contributed by atoms with Crippen LogP contribution in [0.5, 0.6) is 0 Å². The molecule has 20 heavy (non-hydrogen) atoms. The smallest absolute Gasteiger partial charge is 0.272 e. The van der Waals surface area contributed by atoms with Gasteiger partial charge in [-0.1, -0.05) is 0 Å². The molecule has 1 aromatic carbocycles. The van der Waals surface area contributed by atoms with Crippen molar-refractivity contribution in [2.24, 2.45) is 0 Å². The Morgan fingerprint density at radius 3 is 2.70 bits per heavy atom. The SMILES string of the molecule is CN1CCC(O)(CNc2ccc([N+](=O)[O-])cc2F)CC1. The zero-order valence-corrected chi connectivity index (χ0v) is 11.3. The number of anilines is 1. The second-order valence-electron chi connectivity index (χ2n) is 5.30. The van der Waals surface area contributed by atoms with Gasteiger partial charge < -0.3 is 15.3 Å². The summed E-state index contributed by atoms with van der Waals surface area (Å²) in [5, 5.41) is 23.7. The van der Waals surface area contributed by atoms with Gasteiger partial charge in [0.1, 0.15) is 0 Å². The average molecular weight is 283 g/mol. The van der Waals surface area contributed by atoms with E-state index in [9.17, 15) is 19.6 Å². The number of nitrogens with zero attached hydrogens (tertiary/aromatic N) is 2. The number of non-ortho nitro benzene ring substituents is 1. The van der Waals surface area contributed by atoms with Gasteiger partial charge in [0.15, 0.2) is 5.82 Å². The van der Waals surface area contributed by atoms with E-state index in [-0.39, 0.29) is 17.9 Å². The highest BCUT2D eigenvalue weighted by molar-refractivity contribution is 5.50. The van der Waals surface area contributed by atoms with Gasteiger partial charge in [0.25, 0.3) is 5.69 Å². The summed E-state index contributed by atoms with van der Waals surface area (Å²) >= 11 is 0. The molecule has 0 amide bonds. The Kier molecular flexibility index (Phi) is 4.20. The average Bonchev–Trinajstić information content (AvgIpc) is 2.41. The Morgan fingerprint density at radius 1 is 1.50 bits per heavy atom. The minimum Gasteiger partial charge on any atom is -0.388 e. The molecule has 1 aliphatic rings. The van der Waals surface area contributed by atoms with Crippen LogP contribution in [0.15, 0.2) is 18.2 Å². The van der Waals surface area contributed by atoms with Crippen LogP contribution >= 0.6 is 0 Å². The monoisotopic (exact) mass is 283 g/mol. The summed E-state index contributed by atoms with van der Waals surface area (Å²) in [7, 11) is 1.99. The molecule has 1 fully saturated rings. The van der Waals surface area contributed by atoms with Crippen molar-refractivity contribution in [1.29, 1.82) is 0 Å². The van der Waals surface area contributed by atoms with Gasteiger partial charge >= 0.3 is 0 Å². The summed E-state index contributed by atoms with van der Waals surface area (Å²) in [5.41, 5.74) is -0.977. The summed E-state index contributed by atoms with van der Waals surface area (Å²) in [6.45, 7) is 1.82. The maximum atomic E-state index is 13.7. The van der Waals surface area contributed by atoms with Crippen LogP contribution in [-0.4, -0.2) is 47.2 Å². The Balaban J connectivity index is 1.99. The van der Waals surface area contributed by atoms with Crippen LogP contribution in [0.3, 0.4) is 0 Å². The lowest BCUT2D eigenvalue weighted by Crippen LogP contribution is -2.47. The molecule has 0 atom stereocenters.